The Bertz CT molecular complexity index is 397. The Morgan fingerprint density at radius 2 is 2.00 bits per heavy atom. The molecule has 0 fully saturated rings. The van der Waals surface area contributed by atoms with E-state index in [1.165, 1.54) is 0 Å². The molecule has 1 aromatic rings. The van der Waals surface area contributed by atoms with Gasteiger partial charge >= 0.3 is 0 Å². The van der Waals surface area contributed by atoms with Crippen molar-refractivity contribution >= 4 is 11.7 Å². The maximum absolute atomic E-state index is 11.6. The minimum Gasteiger partial charge on any atom is -0.387 e. The third kappa shape index (κ3) is 1.21. The normalized spacial score (nSPS) is 26.4. The van der Waals surface area contributed by atoms with Gasteiger partial charge in [-0.3, -0.25) is 4.79 Å². The van der Waals surface area contributed by atoms with E-state index in [1.807, 2.05) is 37.3 Å². The number of hydrogen-bond donors (Lipinski definition) is 1. The summed E-state index contributed by atoms with van der Waals surface area (Å²) < 4.78 is 0. The van der Waals surface area contributed by atoms with E-state index in [9.17, 15) is 4.79 Å². The summed E-state index contributed by atoms with van der Waals surface area (Å²) in [4.78, 5) is 15.4. The lowest BCUT2D eigenvalue weighted by atomic mass is 9.80. The summed E-state index contributed by atoms with van der Waals surface area (Å²) in [6.07, 6.45) is 0.524. The van der Waals surface area contributed by atoms with Crippen LogP contribution in [0.5, 0.6) is 0 Å². The van der Waals surface area contributed by atoms with E-state index in [0.29, 0.717) is 12.3 Å². The van der Waals surface area contributed by atoms with Crippen LogP contribution in [0.2, 0.25) is 0 Å². The van der Waals surface area contributed by atoms with Crippen LogP contribution >= 0.6 is 0 Å². The fourth-order valence-corrected chi connectivity index (χ4v) is 1.76. The Morgan fingerprint density at radius 3 is 2.50 bits per heavy atom. The molecule has 72 valence electrons. The Kier molecular flexibility index (Phi) is 1.88. The van der Waals surface area contributed by atoms with Gasteiger partial charge in [0.15, 0.2) is 0 Å². The average molecular weight is 188 g/mol. The zero-order valence-electron chi connectivity index (χ0n) is 8.03. The van der Waals surface area contributed by atoms with Crippen LogP contribution in [0.4, 0.5) is 0 Å². The molecule has 1 amide bonds. The van der Waals surface area contributed by atoms with E-state index in [0.717, 1.165) is 5.56 Å². The smallest absolute Gasteiger partial charge is 0.258 e. The van der Waals surface area contributed by atoms with Gasteiger partial charge in [0.25, 0.3) is 5.91 Å². The van der Waals surface area contributed by atoms with Crippen molar-refractivity contribution in [1.29, 1.82) is 0 Å². The summed E-state index contributed by atoms with van der Waals surface area (Å²) in [6, 6.07) is 9.64. The second kappa shape index (κ2) is 2.94. The van der Waals surface area contributed by atoms with Crippen LogP contribution in [-0.2, 0) is 10.2 Å². The van der Waals surface area contributed by atoms with E-state index in [2.05, 4.69) is 4.99 Å². The number of nitrogens with zero attached hydrogens (tertiary/aromatic N) is 1. The number of amidine groups is 1. The highest BCUT2D eigenvalue weighted by Crippen LogP contribution is 2.32. The van der Waals surface area contributed by atoms with Gasteiger partial charge in [0.2, 0.25) is 0 Å². The molecule has 2 N–H and O–H groups in total. The second-order valence-corrected chi connectivity index (χ2v) is 3.78. The molecule has 0 aromatic heterocycles. The molecule has 0 bridgehead atoms. The molecule has 1 heterocycles. The van der Waals surface area contributed by atoms with Crippen molar-refractivity contribution in [2.24, 2.45) is 10.7 Å². The zero-order valence-corrected chi connectivity index (χ0v) is 8.03. The minimum atomic E-state index is -0.550. The standard InChI is InChI=1S/C11H12N2O/c1-11(7-9(12)13-10(11)14)8-5-3-2-4-6-8/h2-6H,7H2,1H3,(H2,12,13,14). The number of rotatable bonds is 1. The molecule has 1 unspecified atom stereocenters. The average Bonchev–Trinajstić information content (AvgIpc) is 2.43. The Morgan fingerprint density at radius 1 is 1.36 bits per heavy atom. The van der Waals surface area contributed by atoms with Crippen molar-refractivity contribution in [3.63, 3.8) is 0 Å². The van der Waals surface area contributed by atoms with Crippen LogP contribution in [0.25, 0.3) is 0 Å². The molecule has 1 aliphatic rings. The summed E-state index contributed by atoms with van der Waals surface area (Å²) in [7, 11) is 0. The van der Waals surface area contributed by atoms with E-state index < -0.39 is 5.41 Å². The summed E-state index contributed by atoms with van der Waals surface area (Å²) >= 11 is 0. The molecular formula is C11H12N2O. The second-order valence-electron chi connectivity index (χ2n) is 3.78. The molecule has 0 spiro atoms. The van der Waals surface area contributed by atoms with Crippen molar-refractivity contribution < 1.29 is 4.79 Å². The van der Waals surface area contributed by atoms with Gasteiger partial charge in [-0.1, -0.05) is 30.3 Å². The molecule has 0 saturated carbocycles. The number of carbonyl (C=O) groups excluding carboxylic acids is 1. The number of nitrogens with two attached hydrogens (primary N) is 1. The van der Waals surface area contributed by atoms with Gasteiger partial charge in [0.05, 0.1) is 5.41 Å². The Hall–Kier alpha value is -1.64. The van der Waals surface area contributed by atoms with Crippen molar-refractivity contribution in [2.45, 2.75) is 18.8 Å². The highest BCUT2D eigenvalue weighted by atomic mass is 16.1. The van der Waals surface area contributed by atoms with Crippen LogP contribution in [0.1, 0.15) is 18.9 Å². The zero-order chi connectivity index (χ0) is 10.2. The van der Waals surface area contributed by atoms with Crippen molar-refractivity contribution in [1.82, 2.24) is 0 Å². The molecule has 0 aliphatic carbocycles. The van der Waals surface area contributed by atoms with Gasteiger partial charge in [-0.2, -0.15) is 4.99 Å². The summed E-state index contributed by atoms with van der Waals surface area (Å²) in [5.74, 6) is 0.294. The van der Waals surface area contributed by atoms with Gasteiger partial charge in [-0.25, -0.2) is 0 Å². The first-order valence-corrected chi connectivity index (χ1v) is 4.56. The predicted molar refractivity (Wildman–Crippen MR) is 55.0 cm³/mol. The lowest BCUT2D eigenvalue weighted by Crippen LogP contribution is -2.28. The first kappa shape index (κ1) is 8.94. The summed E-state index contributed by atoms with van der Waals surface area (Å²) in [5.41, 5.74) is 6.00. The largest absolute Gasteiger partial charge is 0.387 e. The Labute approximate surface area is 82.6 Å². The molecule has 3 nitrogen and oxygen atoms in total. The number of aliphatic imine (C=N–C) groups is 1. The Balaban J connectivity index is 2.41. The summed E-state index contributed by atoms with van der Waals surface area (Å²) in [6.45, 7) is 1.88. The van der Waals surface area contributed by atoms with Gasteiger partial charge < -0.3 is 5.73 Å². The molecule has 0 radical (unpaired) electrons. The van der Waals surface area contributed by atoms with Crippen LogP contribution in [0, 0.1) is 0 Å². The predicted octanol–water partition coefficient (Wildman–Crippen LogP) is 1.23. The fourth-order valence-electron chi connectivity index (χ4n) is 1.76. The quantitative estimate of drug-likeness (QED) is 0.720. The molecule has 1 aliphatic heterocycles. The van der Waals surface area contributed by atoms with Gasteiger partial charge in [0, 0.05) is 6.42 Å². The van der Waals surface area contributed by atoms with Gasteiger partial charge in [0.1, 0.15) is 5.84 Å². The lowest BCUT2D eigenvalue weighted by molar-refractivity contribution is -0.121. The number of hydrogen-bond acceptors (Lipinski definition) is 2. The van der Waals surface area contributed by atoms with E-state index >= 15 is 0 Å². The maximum Gasteiger partial charge on any atom is 0.258 e. The highest BCUT2D eigenvalue weighted by Gasteiger charge is 2.40. The molecule has 1 atom stereocenters. The fraction of sp³-hybridized carbons (Fsp3) is 0.273. The van der Waals surface area contributed by atoms with E-state index in [-0.39, 0.29) is 5.91 Å². The number of carbonyl (C=O) groups is 1. The molecule has 14 heavy (non-hydrogen) atoms. The first-order chi connectivity index (χ1) is 6.63. The van der Waals surface area contributed by atoms with Crippen molar-refractivity contribution in [2.75, 3.05) is 0 Å². The van der Waals surface area contributed by atoms with Gasteiger partial charge in [-0.05, 0) is 12.5 Å². The van der Waals surface area contributed by atoms with E-state index in [1.54, 1.807) is 0 Å². The van der Waals surface area contributed by atoms with Crippen molar-refractivity contribution in [3.05, 3.63) is 35.9 Å². The maximum atomic E-state index is 11.6. The third-order valence-electron chi connectivity index (χ3n) is 2.66. The van der Waals surface area contributed by atoms with Crippen LogP contribution in [-0.4, -0.2) is 11.7 Å². The first-order valence-electron chi connectivity index (χ1n) is 4.56. The van der Waals surface area contributed by atoms with Crippen molar-refractivity contribution in [3.8, 4) is 0 Å². The lowest BCUT2D eigenvalue weighted by Gasteiger charge is -2.20. The molecule has 3 heteroatoms. The minimum absolute atomic E-state index is 0.138. The van der Waals surface area contributed by atoms with Crippen LogP contribution < -0.4 is 5.73 Å². The SMILES string of the molecule is CC1(c2ccccc2)CC(N)=NC1=O. The molecule has 1 aromatic carbocycles. The third-order valence-corrected chi connectivity index (χ3v) is 2.66. The topological polar surface area (TPSA) is 55.4 Å². The van der Waals surface area contributed by atoms with Crippen LogP contribution in [0.3, 0.4) is 0 Å². The molecule has 0 saturated heterocycles. The highest BCUT2D eigenvalue weighted by molar-refractivity contribution is 6.07. The number of amides is 1. The van der Waals surface area contributed by atoms with Crippen LogP contribution in [0.15, 0.2) is 35.3 Å². The monoisotopic (exact) mass is 188 g/mol. The van der Waals surface area contributed by atoms with E-state index in [4.69, 9.17) is 5.73 Å². The summed E-state index contributed by atoms with van der Waals surface area (Å²) in [5, 5.41) is 0. The molecular weight excluding hydrogens is 176 g/mol. The van der Waals surface area contributed by atoms with Gasteiger partial charge in [-0.15, -0.1) is 0 Å². The number of benzene rings is 1. The molecule has 2 rings (SSSR count).